The highest BCUT2D eigenvalue weighted by atomic mass is 35.5. The predicted molar refractivity (Wildman–Crippen MR) is 119 cm³/mol. The minimum absolute atomic E-state index is 0.0471. The summed E-state index contributed by atoms with van der Waals surface area (Å²) < 4.78 is 5.32. The highest BCUT2D eigenvalue weighted by Crippen LogP contribution is 2.29. The van der Waals surface area contributed by atoms with E-state index in [1.54, 1.807) is 25.3 Å². The van der Waals surface area contributed by atoms with E-state index >= 15 is 0 Å². The molecule has 0 saturated carbocycles. The van der Waals surface area contributed by atoms with Crippen molar-refractivity contribution in [2.75, 3.05) is 30.4 Å². The minimum Gasteiger partial charge on any atom is -0.495 e. The molecule has 0 aliphatic carbocycles. The number of ether oxygens (including phenoxy) is 1. The Bertz CT molecular complexity index is 1010. The summed E-state index contributed by atoms with van der Waals surface area (Å²) in [4.78, 5) is 15.0. The summed E-state index contributed by atoms with van der Waals surface area (Å²) in [5.41, 5.74) is 2.45. The number of amides is 1. The summed E-state index contributed by atoms with van der Waals surface area (Å²) in [6.45, 7) is 1.44. The van der Waals surface area contributed by atoms with Crippen LogP contribution in [-0.4, -0.2) is 36.3 Å². The maximum Gasteiger partial charge on any atom is 0.229 e. The number of carbonyl (C=O) groups is 1. The lowest BCUT2D eigenvalue weighted by atomic mass is 9.97. The Balaban J connectivity index is 1.44. The Morgan fingerprint density at radius 3 is 2.70 bits per heavy atom. The second-order valence-corrected chi connectivity index (χ2v) is 7.70. The number of nitrogens with one attached hydrogen (secondary N) is 1. The van der Waals surface area contributed by atoms with Gasteiger partial charge in [-0.25, -0.2) is 0 Å². The lowest BCUT2D eigenvalue weighted by molar-refractivity contribution is -0.120. The number of methoxy groups -OCH3 is 1. The molecule has 2 heterocycles. The number of rotatable bonds is 5. The van der Waals surface area contributed by atoms with Crippen LogP contribution in [0.15, 0.2) is 60.7 Å². The number of piperidine rings is 1. The number of hydrogen-bond donors (Lipinski definition) is 1. The Hall–Kier alpha value is -3.12. The van der Waals surface area contributed by atoms with Gasteiger partial charge in [0, 0.05) is 23.7 Å². The number of hydrogen-bond acceptors (Lipinski definition) is 5. The highest BCUT2D eigenvalue weighted by molar-refractivity contribution is 6.31. The third kappa shape index (κ3) is 4.54. The molecule has 7 heteroatoms. The third-order valence-corrected chi connectivity index (χ3v) is 5.49. The van der Waals surface area contributed by atoms with Crippen molar-refractivity contribution in [2.45, 2.75) is 12.8 Å². The summed E-state index contributed by atoms with van der Waals surface area (Å²) in [7, 11) is 1.57. The van der Waals surface area contributed by atoms with E-state index in [9.17, 15) is 4.79 Å². The van der Waals surface area contributed by atoms with Gasteiger partial charge in [0.1, 0.15) is 5.75 Å². The zero-order chi connectivity index (χ0) is 20.9. The van der Waals surface area contributed by atoms with Crippen molar-refractivity contribution in [1.29, 1.82) is 0 Å². The van der Waals surface area contributed by atoms with Crippen molar-refractivity contribution in [3.8, 4) is 17.0 Å². The first-order valence-electron chi connectivity index (χ1n) is 9.92. The van der Waals surface area contributed by atoms with Gasteiger partial charge in [0.05, 0.1) is 24.4 Å². The first-order valence-corrected chi connectivity index (χ1v) is 10.3. The largest absolute Gasteiger partial charge is 0.495 e. The molecule has 3 aromatic rings. The van der Waals surface area contributed by atoms with Crippen LogP contribution in [0.2, 0.25) is 5.02 Å². The zero-order valence-electron chi connectivity index (χ0n) is 16.7. The minimum atomic E-state index is -0.155. The van der Waals surface area contributed by atoms with Gasteiger partial charge in [0.25, 0.3) is 0 Å². The number of anilines is 2. The van der Waals surface area contributed by atoms with E-state index in [0.717, 1.165) is 36.5 Å². The average Bonchev–Trinajstić information content (AvgIpc) is 2.80. The first kappa shape index (κ1) is 20.2. The van der Waals surface area contributed by atoms with E-state index in [1.807, 2.05) is 42.5 Å². The van der Waals surface area contributed by atoms with Crippen molar-refractivity contribution in [3.63, 3.8) is 0 Å². The van der Waals surface area contributed by atoms with Crippen molar-refractivity contribution >= 4 is 29.0 Å². The van der Waals surface area contributed by atoms with E-state index in [0.29, 0.717) is 23.0 Å². The Morgan fingerprint density at radius 2 is 1.97 bits per heavy atom. The Kier molecular flexibility index (Phi) is 6.14. The molecule has 1 N–H and O–H groups in total. The molecule has 1 saturated heterocycles. The summed E-state index contributed by atoms with van der Waals surface area (Å²) in [6.07, 6.45) is 1.73. The molecule has 1 amide bonds. The van der Waals surface area contributed by atoms with E-state index in [4.69, 9.17) is 16.3 Å². The molecule has 30 heavy (non-hydrogen) atoms. The van der Waals surface area contributed by atoms with Crippen LogP contribution in [0.1, 0.15) is 12.8 Å². The van der Waals surface area contributed by atoms with E-state index in [-0.39, 0.29) is 11.8 Å². The van der Waals surface area contributed by atoms with Crippen LogP contribution >= 0.6 is 11.6 Å². The van der Waals surface area contributed by atoms with Crippen LogP contribution in [0.4, 0.5) is 11.5 Å². The van der Waals surface area contributed by atoms with Crippen molar-refractivity contribution in [2.24, 2.45) is 5.92 Å². The fourth-order valence-corrected chi connectivity index (χ4v) is 3.84. The average molecular weight is 423 g/mol. The second kappa shape index (κ2) is 9.13. The molecule has 1 atom stereocenters. The summed E-state index contributed by atoms with van der Waals surface area (Å²) >= 11 is 6.07. The fourth-order valence-electron chi connectivity index (χ4n) is 3.67. The van der Waals surface area contributed by atoms with Gasteiger partial charge in [0.2, 0.25) is 5.91 Å². The Labute approximate surface area is 180 Å². The van der Waals surface area contributed by atoms with Gasteiger partial charge in [0.15, 0.2) is 5.82 Å². The third-order valence-electron chi connectivity index (χ3n) is 5.26. The van der Waals surface area contributed by atoms with E-state index in [1.165, 1.54) is 0 Å². The monoisotopic (exact) mass is 422 g/mol. The molecule has 1 aliphatic heterocycles. The topological polar surface area (TPSA) is 67.3 Å². The number of carbonyl (C=O) groups excluding carboxylic acids is 1. The molecule has 4 rings (SSSR count). The van der Waals surface area contributed by atoms with Gasteiger partial charge in [-0.2, -0.15) is 0 Å². The molecular formula is C23H23ClN4O2. The number of benzene rings is 2. The SMILES string of the molecule is COc1ccc(Cl)cc1NC(=O)C1CCCN(c2ccc(-c3ccccc3)nn2)C1. The summed E-state index contributed by atoms with van der Waals surface area (Å²) in [5, 5.41) is 12.3. The van der Waals surface area contributed by atoms with Crippen molar-refractivity contribution in [1.82, 2.24) is 10.2 Å². The number of aromatic nitrogens is 2. The first-order chi connectivity index (χ1) is 14.6. The zero-order valence-corrected chi connectivity index (χ0v) is 17.5. The van der Waals surface area contributed by atoms with E-state index < -0.39 is 0 Å². The highest BCUT2D eigenvalue weighted by Gasteiger charge is 2.27. The van der Waals surface area contributed by atoms with Crippen LogP contribution < -0.4 is 15.0 Å². The smallest absolute Gasteiger partial charge is 0.229 e. The van der Waals surface area contributed by atoms with Gasteiger partial charge in [-0.3, -0.25) is 4.79 Å². The van der Waals surface area contributed by atoms with E-state index in [2.05, 4.69) is 20.4 Å². The van der Waals surface area contributed by atoms with Crippen LogP contribution in [0.5, 0.6) is 5.75 Å². The van der Waals surface area contributed by atoms with Gasteiger partial charge in [-0.05, 0) is 43.2 Å². The normalized spacial score (nSPS) is 16.2. The molecule has 2 aromatic carbocycles. The molecule has 154 valence electrons. The summed E-state index contributed by atoms with van der Waals surface area (Å²) in [5.74, 6) is 1.17. The molecule has 0 spiro atoms. The molecule has 1 fully saturated rings. The lowest BCUT2D eigenvalue weighted by Gasteiger charge is -2.32. The fraction of sp³-hybridized carbons (Fsp3) is 0.261. The number of halogens is 1. The van der Waals surface area contributed by atoms with Gasteiger partial charge in [-0.1, -0.05) is 41.9 Å². The van der Waals surface area contributed by atoms with Crippen LogP contribution in [0, 0.1) is 5.92 Å². The molecule has 1 unspecified atom stereocenters. The van der Waals surface area contributed by atoms with Crippen molar-refractivity contribution in [3.05, 3.63) is 65.7 Å². The predicted octanol–water partition coefficient (Wildman–Crippen LogP) is 4.66. The number of nitrogens with zero attached hydrogens (tertiary/aromatic N) is 3. The molecule has 6 nitrogen and oxygen atoms in total. The van der Waals surface area contributed by atoms with Crippen LogP contribution in [-0.2, 0) is 4.79 Å². The van der Waals surface area contributed by atoms with Crippen LogP contribution in [0.25, 0.3) is 11.3 Å². The quantitative estimate of drug-likeness (QED) is 0.647. The maximum atomic E-state index is 12.9. The van der Waals surface area contributed by atoms with Crippen molar-refractivity contribution < 1.29 is 9.53 Å². The second-order valence-electron chi connectivity index (χ2n) is 7.26. The summed E-state index contributed by atoms with van der Waals surface area (Å²) in [6, 6.07) is 19.1. The van der Waals surface area contributed by atoms with Gasteiger partial charge >= 0.3 is 0 Å². The lowest BCUT2D eigenvalue weighted by Crippen LogP contribution is -2.41. The maximum absolute atomic E-state index is 12.9. The molecule has 0 radical (unpaired) electrons. The van der Waals surface area contributed by atoms with Gasteiger partial charge in [-0.15, -0.1) is 10.2 Å². The molecule has 0 bridgehead atoms. The van der Waals surface area contributed by atoms with Gasteiger partial charge < -0.3 is 15.0 Å². The van der Waals surface area contributed by atoms with Crippen LogP contribution in [0.3, 0.4) is 0 Å². The standard InChI is InChI=1S/C23H23ClN4O2/c1-30-21-11-9-18(24)14-20(21)25-23(29)17-8-5-13-28(15-17)22-12-10-19(26-27-22)16-6-3-2-4-7-16/h2-4,6-7,9-12,14,17H,5,8,13,15H2,1H3,(H,25,29). The Morgan fingerprint density at radius 1 is 1.13 bits per heavy atom. The molecular weight excluding hydrogens is 400 g/mol. The molecule has 1 aliphatic rings. The molecule has 1 aromatic heterocycles.